The van der Waals surface area contributed by atoms with Gasteiger partial charge in [-0.3, -0.25) is 14.8 Å². The van der Waals surface area contributed by atoms with Crippen molar-refractivity contribution in [1.82, 2.24) is 19.9 Å². The maximum atomic E-state index is 13.3. The lowest BCUT2D eigenvalue weighted by atomic mass is 10.1. The molecule has 0 aromatic carbocycles. The van der Waals surface area contributed by atoms with E-state index < -0.39 is 24.2 Å². The number of likely N-dealkylation sites (tertiary alicyclic amines) is 1. The lowest BCUT2D eigenvalue weighted by molar-refractivity contribution is -0.0568. The monoisotopic (exact) mass is 462 g/mol. The van der Waals surface area contributed by atoms with Gasteiger partial charge in [0.25, 0.3) is 5.92 Å². The molecule has 2 aromatic rings. The van der Waals surface area contributed by atoms with E-state index in [2.05, 4.69) is 20.3 Å². The average Bonchev–Trinajstić information content (AvgIpc) is 3.17. The molecule has 3 atom stereocenters. The van der Waals surface area contributed by atoms with Gasteiger partial charge in [-0.2, -0.15) is 4.98 Å². The van der Waals surface area contributed by atoms with Crippen LogP contribution in [0.2, 0.25) is 0 Å². The van der Waals surface area contributed by atoms with Crippen molar-refractivity contribution in [1.29, 1.82) is 0 Å². The molecule has 2 saturated heterocycles. The van der Waals surface area contributed by atoms with Gasteiger partial charge in [0.05, 0.1) is 17.8 Å². The number of cyclic esters (lactones) is 1. The Morgan fingerprint density at radius 1 is 1.24 bits per heavy atom. The highest BCUT2D eigenvalue weighted by Crippen LogP contribution is 2.28. The second-order valence-electron chi connectivity index (χ2n) is 8.57. The number of aromatic nitrogens is 3. The summed E-state index contributed by atoms with van der Waals surface area (Å²) in [5.74, 6) is -1.89. The molecule has 4 heterocycles. The quantitative estimate of drug-likeness (QED) is 0.647. The normalized spacial score (nSPS) is 22.6. The van der Waals surface area contributed by atoms with Crippen molar-refractivity contribution in [3.05, 3.63) is 41.9 Å². The first kappa shape index (κ1) is 23.2. The van der Waals surface area contributed by atoms with E-state index in [1.807, 2.05) is 24.0 Å². The summed E-state index contributed by atoms with van der Waals surface area (Å²) >= 11 is 0. The summed E-state index contributed by atoms with van der Waals surface area (Å²) < 4.78 is 31.7. The Morgan fingerprint density at radius 3 is 2.67 bits per heavy atom. The number of nitrogens with zero attached hydrogens (tertiary/aromatic N) is 5. The fourth-order valence-corrected chi connectivity index (χ4v) is 3.94. The molecule has 2 N–H and O–H groups in total. The minimum atomic E-state index is -2.55. The van der Waals surface area contributed by atoms with Gasteiger partial charge in [0, 0.05) is 44.9 Å². The first-order valence-electron chi connectivity index (χ1n) is 11.0. The Hall–Kier alpha value is -2.92. The number of aliphatic hydroxyl groups excluding tert-OH is 1. The van der Waals surface area contributed by atoms with Gasteiger partial charge < -0.3 is 15.2 Å². The SMILES string of the molecule is C[C@H](Nc1nccc(N2C(=O)OCC2[C@@H](C)O)n1)c1ccc(CN2CCC(F)(F)CC2)nc1. The number of nitrogens with one attached hydrogen (secondary N) is 1. The summed E-state index contributed by atoms with van der Waals surface area (Å²) in [4.78, 5) is 28.6. The number of halogens is 2. The third-order valence-electron chi connectivity index (χ3n) is 6.02. The van der Waals surface area contributed by atoms with Crippen molar-refractivity contribution < 1.29 is 23.4 Å². The summed E-state index contributed by atoms with van der Waals surface area (Å²) in [5, 5.41) is 13.1. The molecule has 9 nitrogen and oxygen atoms in total. The van der Waals surface area contributed by atoms with E-state index in [4.69, 9.17) is 4.74 Å². The number of pyridine rings is 1. The number of piperidine rings is 1. The summed E-state index contributed by atoms with van der Waals surface area (Å²) in [6.45, 7) is 4.89. The second-order valence-corrected chi connectivity index (χ2v) is 8.57. The van der Waals surface area contributed by atoms with Crippen LogP contribution in [-0.2, 0) is 11.3 Å². The first-order valence-corrected chi connectivity index (χ1v) is 11.0. The zero-order valence-electron chi connectivity index (χ0n) is 18.6. The molecule has 0 spiro atoms. The molecule has 2 aliphatic rings. The predicted molar refractivity (Wildman–Crippen MR) is 117 cm³/mol. The van der Waals surface area contributed by atoms with Gasteiger partial charge >= 0.3 is 6.09 Å². The molecule has 1 amide bonds. The van der Waals surface area contributed by atoms with E-state index in [0.717, 1.165) is 11.3 Å². The smallest absolute Gasteiger partial charge is 0.416 e. The number of hydrogen-bond donors (Lipinski definition) is 2. The van der Waals surface area contributed by atoms with Crippen LogP contribution >= 0.6 is 0 Å². The predicted octanol–water partition coefficient (Wildman–Crippen LogP) is 2.98. The third-order valence-corrected chi connectivity index (χ3v) is 6.02. The highest BCUT2D eigenvalue weighted by Gasteiger charge is 2.38. The Balaban J connectivity index is 1.38. The molecule has 0 bridgehead atoms. The number of rotatable bonds is 7. The molecule has 4 rings (SSSR count). The minimum Gasteiger partial charge on any atom is -0.447 e. The number of hydrogen-bond acceptors (Lipinski definition) is 8. The first-order chi connectivity index (χ1) is 15.7. The molecule has 2 aliphatic heterocycles. The molecule has 0 radical (unpaired) electrons. The maximum absolute atomic E-state index is 13.3. The average molecular weight is 463 g/mol. The van der Waals surface area contributed by atoms with Gasteiger partial charge in [-0.15, -0.1) is 0 Å². The molecule has 0 aliphatic carbocycles. The standard InChI is InChI=1S/C22H28F2N6O3/c1-14(16-3-4-17(26-11-16)12-29-9-6-22(23,24)7-10-29)27-20-25-8-5-19(28-20)30-18(15(2)31)13-33-21(30)32/h3-5,8,11,14-15,18,31H,6-7,9-10,12-13H2,1-2H3,(H,25,27,28)/t14-,15+,18?/m0/s1. The number of ether oxygens (including phenoxy) is 1. The van der Waals surface area contributed by atoms with Crippen LogP contribution in [0.5, 0.6) is 0 Å². The van der Waals surface area contributed by atoms with Crippen LogP contribution in [0.3, 0.4) is 0 Å². The van der Waals surface area contributed by atoms with Crippen LogP contribution in [0.4, 0.5) is 25.3 Å². The van der Waals surface area contributed by atoms with E-state index in [0.29, 0.717) is 31.4 Å². The Bertz CT molecular complexity index is 965. The van der Waals surface area contributed by atoms with Gasteiger partial charge in [0.2, 0.25) is 5.95 Å². The lowest BCUT2D eigenvalue weighted by Gasteiger charge is -2.31. The molecule has 11 heteroatoms. The maximum Gasteiger partial charge on any atom is 0.416 e. The molecule has 2 fully saturated rings. The third kappa shape index (κ3) is 5.53. The number of anilines is 2. The number of carbonyl (C=O) groups excluding carboxylic acids is 1. The molecule has 33 heavy (non-hydrogen) atoms. The van der Waals surface area contributed by atoms with Crippen LogP contribution in [0, 0.1) is 0 Å². The molecule has 178 valence electrons. The topological polar surface area (TPSA) is 104 Å². The van der Waals surface area contributed by atoms with Crippen LogP contribution in [0.25, 0.3) is 0 Å². The van der Waals surface area contributed by atoms with E-state index in [1.54, 1.807) is 19.2 Å². The van der Waals surface area contributed by atoms with Crippen molar-refractivity contribution in [3.63, 3.8) is 0 Å². The van der Waals surface area contributed by atoms with Gasteiger partial charge in [0.15, 0.2) is 0 Å². The molecule has 1 unspecified atom stereocenters. The van der Waals surface area contributed by atoms with Crippen LogP contribution < -0.4 is 10.2 Å². The molecule has 0 saturated carbocycles. The van der Waals surface area contributed by atoms with E-state index in [-0.39, 0.29) is 25.5 Å². The summed E-state index contributed by atoms with van der Waals surface area (Å²) in [6, 6.07) is 4.73. The van der Waals surface area contributed by atoms with Crippen molar-refractivity contribution in [2.24, 2.45) is 0 Å². The number of alkyl halides is 2. The van der Waals surface area contributed by atoms with Gasteiger partial charge in [0.1, 0.15) is 18.5 Å². The van der Waals surface area contributed by atoms with Crippen molar-refractivity contribution >= 4 is 17.9 Å². The second kappa shape index (κ2) is 9.52. The van der Waals surface area contributed by atoms with Gasteiger partial charge in [-0.1, -0.05) is 6.07 Å². The fraction of sp³-hybridized carbons (Fsp3) is 0.545. The summed E-state index contributed by atoms with van der Waals surface area (Å²) in [6.07, 6.45) is 1.72. The van der Waals surface area contributed by atoms with Crippen LogP contribution in [0.15, 0.2) is 30.6 Å². The van der Waals surface area contributed by atoms with Gasteiger partial charge in [-0.05, 0) is 31.5 Å². The molecule has 2 aromatic heterocycles. The van der Waals surface area contributed by atoms with E-state index >= 15 is 0 Å². The Morgan fingerprint density at radius 2 is 2.00 bits per heavy atom. The lowest BCUT2D eigenvalue weighted by Crippen LogP contribution is -2.41. The number of carbonyl (C=O) groups is 1. The van der Waals surface area contributed by atoms with E-state index in [9.17, 15) is 18.7 Å². The Kier molecular flexibility index (Phi) is 6.71. The zero-order chi connectivity index (χ0) is 23.6. The molecular formula is C22H28F2N6O3. The summed E-state index contributed by atoms with van der Waals surface area (Å²) in [7, 11) is 0. The molecular weight excluding hydrogens is 434 g/mol. The zero-order valence-corrected chi connectivity index (χ0v) is 18.6. The highest BCUT2D eigenvalue weighted by atomic mass is 19.3. The number of aliphatic hydroxyl groups is 1. The van der Waals surface area contributed by atoms with E-state index in [1.165, 1.54) is 11.1 Å². The minimum absolute atomic E-state index is 0.0948. The number of amides is 1. The van der Waals surface area contributed by atoms with Crippen LogP contribution in [-0.4, -0.2) is 68.8 Å². The van der Waals surface area contributed by atoms with Crippen molar-refractivity contribution in [2.75, 3.05) is 29.9 Å². The fourth-order valence-electron chi connectivity index (χ4n) is 3.94. The van der Waals surface area contributed by atoms with Crippen LogP contribution in [0.1, 0.15) is 44.0 Å². The van der Waals surface area contributed by atoms with Gasteiger partial charge in [-0.25, -0.2) is 18.6 Å². The van der Waals surface area contributed by atoms with Crippen molar-refractivity contribution in [2.45, 2.75) is 57.3 Å². The largest absolute Gasteiger partial charge is 0.447 e. The van der Waals surface area contributed by atoms with Crippen molar-refractivity contribution in [3.8, 4) is 0 Å². The summed E-state index contributed by atoms with van der Waals surface area (Å²) in [5.41, 5.74) is 1.73. The highest BCUT2D eigenvalue weighted by molar-refractivity contribution is 5.89. The Labute approximate surface area is 190 Å².